The molecule has 0 amide bonds. The van der Waals surface area contributed by atoms with E-state index in [4.69, 9.17) is 4.74 Å². The number of carbonyl (C=O) groups is 2. The summed E-state index contributed by atoms with van der Waals surface area (Å²) in [6.07, 6.45) is 6.22. The maximum absolute atomic E-state index is 12.5. The molecule has 1 saturated carbocycles. The Balaban J connectivity index is 1.73. The Labute approximate surface area is 158 Å². The van der Waals surface area contributed by atoms with Crippen LogP contribution < -0.4 is 0 Å². The standard InChI is InChI=1S/C21H23N3O3/c1-13(27-14(2)25)18-10-16-15(12-23-18)9-19(26)17(11-22)20(16)24-7-5-21(3-4-21)6-8-24/h10,12-13H,3-9H2,1-2H3. The zero-order valence-corrected chi connectivity index (χ0v) is 15.7. The van der Waals surface area contributed by atoms with Gasteiger partial charge in [0.1, 0.15) is 17.7 Å². The van der Waals surface area contributed by atoms with Crippen LogP contribution in [-0.4, -0.2) is 34.7 Å². The van der Waals surface area contributed by atoms with Crippen molar-refractivity contribution in [2.24, 2.45) is 5.41 Å². The summed E-state index contributed by atoms with van der Waals surface area (Å²) in [7, 11) is 0. The number of allylic oxidation sites excluding steroid dienone is 1. The van der Waals surface area contributed by atoms with Gasteiger partial charge in [-0.15, -0.1) is 0 Å². The van der Waals surface area contributed by atoms with Crippen molar-refractivity contribution in [3.63, 3.8) is 0 Å². The van der Waals surface area contributed by atoms with E-state index in [1.807, 2.05) is 6.07 Å². The molecule has 2 heterocycles. The topological polar surface area (TPSA) is 83.3 Å². The minimum absolute atomic E-state index is 0.144. The average molecular weight is 365 g/mol. The third-order valence-corrected chi connectivity index (χ3v) is 6.10. The van der Waals surface area contributed by atoms with Crippen LogP contribution in [0.3, 0.4) is 0 Å². The second kappa shape index (κ2) is 6.49. The van der Waals surface area contributed by atoms with Crippen LogP contribution in [0.4, 0.5) is 0 Å². The molecule has 0 N–H and O–H groups in total. The van der Waals surface area contributed by atoms with Crippen molar-refractivity contribution < 1.29 is 14.3 Å². The Bertz CT molecular complexity index is 882. The molecule has 4 rings (SSSR count). The molecule has 2 fully saturated rings. The van der Waals surface area contributed by atoms with Gasteiger partial charge in [0, 0.05) is 38.2 Å². The van der Waals surface area contributed by atoms with Gasteiger partial charge >= 0.3 is 5.97 Å². The molecule has 1 spiro atoms. The third-order valence-electron chi connectivity index (χ3n) is 6.10. The summed E-state index contributed by atoms with van der Waals surface area (Å²) in [5.74, 6) is -0.509. The van der Waals surface area contributed by atoms with Gasteiger partial charge in [-0.3, -0.25) is 14.6 Å². The van der Waals surface area contributed by atoms with Gasteiger partial charge in [0.2, 0.25) is 0 Å². The van der Waals surface area contributed by atoms with Gasteiger partial charge in [-0.1, -0.05) is 0 Å². The smallest absolute Gasteiger partial charge is 0.303 e. The van der Waals surface area contributed by atoms with Crippen LogP contribution in [0.2, 0.25) is 0 Å². The fourth-order valence-corrected chi connectivity index (χ4v) is 4.25. The van der Waals surface area contributed by atoms with E-state index >= 15 is 0 Å². The van der Waals surface area contributed by atoms with E-state index in [0.29, 0.717) is 11.1 Å². The lowest BCUT2D eigenvalue weighted by atomic mass is 9.86. The second-order valence-electron chi connectivity index (χ2n) is 7.94. The lowest BCUT2D eigenvalue weighted by Crippen LogP contribution is -2.36. The van der Waals surface area contributed by atoms with E-state index in [1.54, 1.807) is 13.1 Å². The number of aromatic nitrogens is 1. The molecule has 0 aromatic carbocycles. The van der Waals surface area contributed by atoms with Crippen molar-refractivity contribution in [3.8, 4) is 6.07 Å². The van der Waals surface area contributed by atoms with Crippen molar-refractivity contribution in [2.45, 2.75) is 52.1 Å². The molecule has 6 heteroatoms. The molecule has 1 unspecified atom stereocenters. The lowest BCUT2D eigenvalue weighted by Gasteiger charge is -2.37. The molecular weight excluding hydrogens is 342 g/mol. The number of ketones is 1. The van der Waals surface area contributed by atoms with Crippen molar-refractivity contribution in [3.05, 3.63) is 34.7 Å². The molecule has 0 radical (unpaired) electrons. The van der Waals surface area contributed by atoms with E-state index in [9.17, 15) is 14.9 Å². The highest BCUT2D eigenvalue weighted by Crippen LogP contribution is 2.54. The Kier molecular flexibility index (Phi) is 4.26. The number of rotatable bonds is 3. The van der Waals surface area contributed by atoms with E-state index in [-0.39, 0.29) is 23.7 Å². The van der Waals surface area contributed by atoms with Crippen LogP contribution in [0.1, 0.15) is 62.5 Å². The first kappa shape index (κ1) is 17.7. The summed E-state index contributed by atoms with van der Waals surface area (Å²) < 4.78 is 5.25. The highest BCUT2D eigenvalue weighted by atomic mass is 16.5. The van der Waals surface area contributed by atoms with Crippen LogP contribution in [0, 0.1) is 16.7 Å². The number of nitriles is 1. The number of nitrogens with zero attached hydrogens (tertiary/aromatic N) is 3. The molecule has 2 aliphatic carbocycles. The van der Waals surface area contributed by atoms with Crippen LogP contribution in [-0.2, 0) is 20.7 Å². The summed E-state index contributed by atoms with van der Waals surface area (Å²) in [5.41, 5.74) is 3.83. The number of likely N-dealkylation sites (tertiary alicyclic amines) is 1. The molecule has 1 saturated heterocycles. The van der Waals surface area contributed by atoms with Gasteiger partial charge in [-0.05, 0) is 49.7 Å². The largest absolute Gasteiger partial charge is 0.456 e. The first-order valence-electron chi connectivity index (χ1n) is 9.51. The van der Waals surface area contributed by atoms with Gasteiger partial charge in [-0.2, -0.15) is 5.26 Å². The van der Waals surface area contributed by atoms with E-state index < -0.39 is 6.10 Å². The molecule has 3 aliphatic rings. The Hall–Kier alpha value is -2.68. The molecule has 1 aromatic rings. The highest BCUT2D eigenvalue weighted by Gasteiger charge is 2.45. The normalized spacial score (nSPS) is 21.5. The number of carbonyl (C=O) groups excluding carboxylic acids is 2. The first-order valence-corrected chi connectivity index (χ1v) is 9.51. The van der Waals surface area contributed by atoms with E-state index in [2.05, 4.69) is 16.0 Å². The lowest BCUT2D eigenvalue weighted by molar-refractivity contribution is -0.146. The van der Waals surface area contributed by atoms with Crippen molar-refractivity contribution >= 4 is 17.4 Å². The fraction of sp³-hybridized carbons (Fsp3) is 0.524. The Morgan fingerprint density at radius 3 is 2.63 bits per heavy atom. The number of pyridine rings is 1. The van der Waals surface area contributed by atoms with Gasteiger partial charge in [-0.25, -0.2) is 0 Å². The number of hydrogen-bond donors (Lipinski definition) is 0. The maximum Gasteiger partial charge on any atom is 0.303 e. The summed E-state index contributed by atoms with van der Waals surface area (Å²) >= 11 is 0. The second-order valence-corrected chi connectivity index (χ2v) is 7.94. The van der Waals surface area contributed by atoms with E-state index in [0.717, 1.165) is 42.8 Å². The van der Waals surface area contributed by atoms with Gasteiger partial charge in [0.05, 0.1) is 11.4 Å². The summed E-state index contributed by atoms with van der Waals surface area (Å²) in [6, 6.07) is 4.02. The minimum Gasteiger partial charge on any atom is -0.456 e. The van der Waals surface area contributed by atoms with Crippen molar-refractivity contribution in [2.75, 3.05) is 13.1 Å². The molecule has 6 nitrogen and oxygen atoms in total. The quantitative estimate of drug-likeness (QED) is 0.766. The van der Waals surface area contributed by atoms with Crippen LogP contribution in [0.5, 0.6) is 0 Å². The molecule has 140 valence electrons. The fourth-order valence-electron chi connectivity index (χ4n) is 4.25. The minimum atomic E-state index is -0.478. The van der Waals surface area contributed by atoms with Gasteiger partial charge < -0.3 is 9.64 Å². The average Bonchev–Trinajstić information content (AvgIpc) is 3.39. The zero-order chi connectivity index (χ0) is 19.2. The summed E-state index contributed by atoms with van der Waals surface area (Å²) in [6.45, 7) is 4.87. The molecular formula is C21H23N3O3. The number of fused-ring (bicyclic) bond motifs is 1. The summed E-state index contributed by atoms with van der Waals surface area (Å²) in [4.78, 5) is 30.4. The van der Waals surface area contributed by atoms with Crippen molar-refractivity contribution in [1.29, 1.82) is 5.26 Å². The van der Waals surface area contributed by atoms with E-state index in [1.165, 1.54) is 19.8 Å². The number of hydrogen-bond acceptors (Lipinski definition) is 6. The third kappa shape index (κ3) is 3.23. The van der Waals surface area contributed by atoms with Crippen molar-refractivity contribution in [1.82, 2.24) is 9.88 Å². The molecule has 1 aromatic heterocycles. The molecule has 27 heavy (non-hydrogen) atoms. The van der Waals surface area contributed by atoms with Crippen LogP contribution in [0.15, 0.2) is 17.8 Å². The van der Waals surface area contributed by atoms with Gasteiger partial charge in [0.15, 0.2) is 5.78 Å². The zero-order valence-electron chi connectivity index (χ0n) is 15.7. The predicted molar refractivity (Wildman–Crippen MR) is 98.1 cm³/mol. The highest BCUT2D eigenvalue weighted by molar-refractivity contribution is 6.09. The predicted octanol–water partition coefficient (Wildman–Crippen LogP) is 2.94. The summed E-state index contributed by atoms with van der Waals surface area (Å²) in [5, 5.41) is 9.66. The SMILES string of the molecule is CC(=O)OC(C)c1cc2c(cn1)CC(=O)C(C#N)=C2N1CCC2(CC1)CC2. The number of ether oxygens (including phenoxy) is 1. The Morgan fingerprint density at radius 2 is 2.04 bits per heavy atom. The molecule has 1 atom stereocenters. The number of Topliss-reactive ketones (excluding diaryl/α,β-unsaturated/α-hetero) is 1. The monoisotopic (exact) mass is 365 g/mol. The van der Waals surface area contributed by atoms with Crippen LogP contribution >= 0.6 is 0 Å². The molecule has 1 aliphatic heterocycles. The number of esters is 1. The Morgan fingerprint density at radius 1 is 1.33 bits per heavy atom. The number of piperidine rings is 1. The molecule has 0 bridgehead atoms. The van der Waals surface area contributed by atoms with Crippen LogP contribution in [0.25, 0.3) is 5.70 Å². The maximum atomic E-state index is 12.5. The first-order chi connectivity index (χ1) is 12.9. The van der Waals surface area contributed by atoms with Gasteiger partial charge in [0.25, 0.3) is 0 Å².